The summed E-state index contributed by atoms with van der Waals surface area (Å²) in [6.07, 6.45) is 0.242. The molecule has 0 radical (unpaired) electrons. The summed E-state index contributed by atoms with van der Waals surface area (Å²) in [6, 6.07) is 16.9. The lowest BCUT2D eigenvalue weighted by Crippen LogP contribution is -2.45. The van der Waals surface area contributed by atoms with Gasteiger partial charge in [0.2, 0.25) is 5.91 Å². The van der Waals surface area contributed by atoms with Gasteiger partial charge >= 0.3 is 5.97 Å². The molecule has 0 spiro atoms. The van der Waals surface area contributed by atoms with Gasteiger partial charge in [-0.25, -0.2) is 4.79 Å². The molecule has 2 rings (SSSR count). The van der Waals surface area contributed by atoms with E-state index in [1.54, 1.807) is 0 Å². The van der Waals surface area contributed by atoms with Gasteiger partial charge in [-0.2, -0.15) is 0 Å². The number of benzene rings is 2. The minimum Gasteiger partial charge on any atom is -0.459 e. The highest BCUT2D eigenvalue weighted by Crippen LogP contribution is 2.22. The van der Waals surface area contributed by atoms with Crippen LogP contribution in [0, 0.1) is 5.92 Å². The Bertz CT molecular complexity index is 774. The molecule has 0 aliphatic heterocycles. The Morgan fingerprint density at radius 3 is 2.07 bits per heavy atom. The summed E-state index contributed by atoms with van der Waals surface area (Å²) in [5, 5.41) is 2.82. The third kappa shape index (κ3) is 6.52. The molecular weight excluding hydrogens is 350 g/mol. The molecule has 0 aliphatic rings. The lowest BCUT2D eigenvalue weighted by molar-refractivity contribution is -0.150. The van der Waals surface area contributed by atoms with Crippen molar-refractivity contribution in [2.24, 2.45) is 5.92 Å². The van der Waals surface area contributed by atoms with Crippen LogP contribution in [0.25, 0.3) is 0 Å². The van der Waals surface area contributed by atoms with Gasteiger partial charge in [0, 0.05) is 0 Å². The van der Waals surface area contributed by atoms with Crippen molar-refractivity contribution < 1.29 is 14.3 Å². The summed E-state index contributed by atoms with van der Waals surface area (Å²) in [6.45, 7) is 10.5. The highest BCUT2D eigenvalue weighted by molar-refractivity contribution is 5.85. The second-order valence-corrected chi connectivity index (χ2v) is 8.51. The maximum absolute atomic E-state index is 12.5. The Balaban J connectivity index is 1.92. The second kappa shape index (κ2) is 9.54. The first-order valence-electron chi connectivity index (χ1n) is 9.76. The highest BCUT2D eigenvalue weighted by Gasteiger charge is 2.25. The van der Waals surface area contributed by atoms with Gasteiger partial charge < -0.3 is 10.1 Å². The van der Waals surface area contributed by atoms with Gasteiger partial charge in [-0.1, -0.05) is 89.2 Å². The fraction of sp³-hybridized carbons (Fsp3) is 0.417. The summed E-state index contributed by atoms with van der Waals surface area (Å²) in [5.74, 6) is -0.650. The molecular formula is C24H31NO3. The van der Waals surface area contributed by atoms with Gasteiger partial charge in [-0.15, -0.1) is 0 Å². The number of amides is 1. The van der Waals surface area contributed by atoms with Crippen molar-refractivity contribution in [2.45, 2.75) is 59.1 Å². The summed E-state index contributed by atoms with van der Waals surface area (Å²) in [5.41, 5.74) is 3.16. The van der Waals surface area contributed by atoms with Crippen LogP contribution in [0.4, 0.5) is 0 Å². The number of ether oxygens (including phenoxy) is 1. The van der Waals surface area contributed by atoms with E-state index in [2.05, 4.69) is 38.2 Å². The number of hydrogen-bond donors (Lipinski definition) is 1. The van der Waals surface area contributed by atoms with Crippen LogP contribution >= 0.6 is 0 Å². The molecule has 0 saturated carbocycles. The Kier molecular flexibility index (Phi) is 7.38. The Hall–Kier alpha value is -2.62. The molecule has 4 nitrogen and oxygen atoms in total. The lowest BCUT2D eigenvalue weighted by Gasteiger charge is -2.21. The van der Waals surface area contributed by atoms with Gasteiger partial charge in [0.25, 0.3) is 0 Å². The molecule has 0 aliphatic carbocycles. The van der Waals surface area contributed by atoms with E-state index in [0.29, 0.717) is 0 Å². The molecule has 2 aromatic carbocycles. The normalized spacial score (nSPS) is 12.5. The van der Waals surface area contributed by atoms with E-state index in [-0.39, 0.29) is 30.3 Å². The van der Waals surface area contributed by atoms with E-state index >= 15 is 0 Å². The van der Waals surface area contributed by atoms with Crippen LogP contribution < -0.4 is 5.32 Å². The molecule has 0 heterocycles. The van der Waals surface area contributed by atoms with E-state index in [1.165, 1.54) is 5.56 Å². The molecule has 0 bridgehead atoms. The molecule has 28 heavy (non-hydrogen) atoms. The quantitative estimate of drug-likeness (QED) is 0.723. The van der Waals surface area contributed by atoms with Crippen molar-refractivity contribution in [3.63, 3.8) is 0 Å². The van der Waals surface area contributed by atoms with Crippen LogP contribution in [0.2, 0.25) is 0 Å². The lowest BCUT2D eigenvalue weighted by atomic mass is 9.87. The summed E-state index contributed by atoms with van der Waals surface area (Å²) in [4.78, 5) is 24.9. The van der Waals surface area contributed by atoms with Gasteiger partial charge in [0.15, 0.2) is 0 Å². The van der Waals surface area contributed by atoms with Crippen LogP contribution in [-0.4, -0.2) is 17.9 Å². The minimum atomic E-state index is -0.662. The summed E-state index contributed by atoms with van der Waals surface area (Å²) < 4.78 is 5.47. The number of carbonyl (C=O) groups excluding carboxylic acids is 2. The number of rotatable bonds is 7. The first kappa shape index (κ1) is 21.7. The minimum absolute atomic E-state index is 0.0597. The average Bonchev–Trinajstić information content (AvgIpc) is 2.64. The van der Waals surface area contributed by atoms with Crippen LogP contribution in [0.15, 0.2) is 54.6 Å². The van der Waals surface area contributed by atoms with Crippen molar-refractivity contribution in [2.75, 3.05) is 0 Å². The molecule has 1 amide bonds. The van der Waals surface area contributed by atoms with Gasteiger partial charge in [-0.05, 0) is 28.0 Å². The molecule has 150 valence electrons. The Morgan fingerprint density at radius 2 is 1.54 bits per heavy atom. The Morgan fingerprint density at radius 1 is 0.929 bits per heavy atom. The van der Waals surface area contributed by atoms with Crippen molar-refractivity contribution in [1.29, 1.82) is 0 Å². The zero-order chi connectivity index (χ0) is 20.7. The standard InChI is InChI=1S/C24H31NO3/c1-17(2)22(25-21(26)15-18-9-7-6-8-10-18)23(27)28-16-19-11-13-20(14-12-19)24(3,4)5/h6-14,17,22H,15-16H2,1-5H3,(H,25,26)/t22-/m0/s1. The topological polar surface area (TPSA) is 55.4 Å². The van der Waals surface area contributed by atoms with E-state index in [9.17, 15) is 9.59 Å². The fourth-order valence-electron chi connectivity index (χ4n) is 2.85. The predicted molar refractivity (Wildman–Crippen MR) is 112 cm³/mol. The summed E-state index contributed by atoms with van der Waals surface area (Å²) in [7, 11) is 0. The van der Waals surface area contributed by atoms with Crippen molar-refractivity contribution in [3.8, 4) is 0 Å². The second-order valence-electron chi connectivity index (χ2n) is 8.51. The van der Waals surface area contributed by atoms with Crippen molar-refractivity contribution in [3.05, 3.63) is 71.3 Å². The Labute approximate surface area is 168 Å². The van der Waals surface area contributed by atoms with Crippen molar-refractivity contribution >= 4 is 11.9 Å². The largest absolute Gasteiger partial charge is 0.459 e. The number of nitrogens with one attached hydrogen (secondary N) is 1. The fourth-order valence-corrected chi connectivity index (χ4v) is 2.85. The number of esters is 1. The van der Waals surface area contributed by atoms with E-state index in [4.69, 9.17) is 4.74 Å². The van der Waals surface area contributed by atoms with Gasteiger partial charge in [0.1, 0.15) is 12.6 Å². The molecule has 0 aromatic heterocycles. The molecule has 0 fully saturated rings. The number of hydrogen-bond acceptors (Lipinski definition) is 3. The van der Waals surface area contributed by atoms with Gasteiger partial charge in [0.05, 0.1) is 6.42 Å². The zero-order valence-electron chi connectivity index (χ0n) is 17.5. The van der Waals surface area contributed by atoms with Crippen molar-refractivity contribution in [1.82, 2.24) is 5.32 Å². The van der Waals surface area contributed by atoms with E-state index in [0.717, 1.165) is 11.1 Å². The molecule has 0 saturated heterocycles. The van der Waals surface area contributed by atoms with Crippen LogP contribution in [0.1, 0.15) is 51.3 Å². The molecule has 1 N–H and O–H groups in total. The van der Waals surface area contributed by atoms with Crippen LogP contribution in [-0.2, 0) is 32.8 Å². The molecule has 1 atom stereocenters. The zero-order valence-corrected chi connectivity index (χ0v) is 17.5. The SMILES string of the molecule is CC(C)[C@H](NC(=O)Cc1ccccc1)C(=O)OCc1ccc(C(C)(C)C)cc1. The first-order chi connectivity index (χ1) is 13.2. The molecule has 2 aromatic rings. The predicted octanol–water partition coefficient (Wildman–Crippen LogP) is 4.41. The van der Waals surface area contributed by atoms with Gasteiger partial charge in [-0.3, -0.25) is 4.79 Å². The van der Waals surface area contributed by atoms with E-state index < -0.39 is 12.0 Å². The smallest absolute Gasteiger partial charge is 0.329 e. The third-order valence-corrected chi connectivity index (χ3v) is 4.65. The maximum Gasteiger partial charge on any atom is 0.329 e. The average molecular weight is 382 g/mol. The maximum atomic E-state index is 12.5. The summed E-state index contributed by atoms with van der Waals surface area (Å²) >= 11 is 0. The van der Waals surface area contributed by atoms with Crippen LogP contribution in [0.5, 0.6) is 0 Å². The van der Waals surface area contributed by atoms with Crippen LogP contribution in [0.3, 0.4) is 0 Å². The first-order valence-corrected chi connectivity index (χ1v) is 9.76. The third-order valence-electron chi connectivity index (χ3n) is 4.65. The molecule has 0 unspecified atom stereocenters. The number of carbonyl (C=O) groups is 2. The highest BCUT2D eigenvalue weighted by atomic mass is 16.5. The molecule has 4 heteroatoms. The monoisotopic (exact) mass is 381 g/mol. The van der Waals surface area contributed by atoms with E-state index in [1.807, 2.05) is 56.3 Å².